The largest absolute Gasteiger partial charge is 0.424 e. The second-order valence-corrected chi connectivity index (χ2v) is 6.09. The van der Waals surface area contributed by atoms with Crippen LogP contribution in [-0.2, 0) is 8.85 Å². The fourth-order valence-corrected chi connectivity index (χ4v) is 3.51. The Labute approximate surface area is 132 Å². The third kappa shape index (κ3) is 4.27. The van der Waals surface area contributed by atoms with E-state index in [0.717, 1.165) is 5.19 Å². The summed E-state index contributed by atoms with van der Waals surface area (Å²) in [6, 6.07) is 16.3. The van der Waals surface area contributed by atoms with Gasteiger partial charge >= 0.3 is 15.3 Å². The maximum Gasteiger partial charge on any atom is 0.424 e. The molecule has 4 nitrogen and oxygen atoms in total. The first-order valence-corrected chi connectivity index (χ1v) is 8.57. The zero-order valence-corrected chi connectivity index (χ0v) is 13.7. The van der Waals surface area contributed by atoms with Crippen molar-refractivity contribution >= 4 is 20.4 Å². The van der Waals surface area contributed by atoms with Crippen LogP contribution in [0.1, 0.15) is 24.2 Å². The molecule has 0 aliphatic heterocycles. The van der Waals surface area contributed by atoms with Crippen LogP contribution >= 0.6 is 0 Å². The van der Waals surface area contributed by atoms with Gasteiger partial charge in [0, 0.05) is 18.4 Å². The van der Waals surface area contributed by atoms with Crippen molar-refractivity contribution in [3.8, 4) is 5.75 Å². The van der Waals surface area contributed by atoms with E-state index in [9.17, 15) is 4.79 Å². The van der Waals surface area contributed by atoms with Crippen molar-refractivity contribution < 1.29 is 18.4 Å². The van der Waals surface area contributed by atoms with Crippen LogP contribution in [0.5, 0.6) is 5.75 Å². The van der Waals surface area contributed by atoms with Gasteiger partial charge in [0.15, 0.2) is 0 Å². The van der Waals surface area contributed by atoms with E-state index in [-0.39, 0.29) is 0 Å². The smallest absolute Gasteiger partial charge is 0.423 e. The number of carbonyl (C=O) groups is 1. The van der Waals surface area contributed by atoms with Crippen LogP contribution in [0.2, 0.25) is 0 Å². The van der Waals surface area contributed by atoms with E-state index in [2.05, 4.69) is 0 Å². The lowest BCUT2D eigenvalue weighted by Crippen LogP contribution is -2.41. The van der Waals surface area contributed by atoms with E-state index < -0.39 is 15.3 Å². The highest BCUT2D eigenvalue weighted by atomic mass is 28.3. The van der Waals surface area contributed by atoms with Crippen LogP contribution in [0.25, 0.3) is 0 Å². The molecule has 1 radical (unpaired) electrons. The molecule has 0 atom stereocenters. The standard InChI is InChI=1S/C17H19O4Si/c1-3-19-22(20-4-2)16-13-9-8-12-15(16)17(18)21-14-10-6-5-7-11-14/h5-13H,3-4H2,1-2H3. The van der Waals surface area contributed by atoms with E-state index >= 15 is 0 Å². The van der Waals surface area contributed by atoms with Crippen molar-refractivity contribution in [3.05, 3.63) is 60.2 Å². The minimum absolute atomic E-state index is 0.399. The molecule has 0 heterocycles. The Kier molecular flexibility index (Phi) is 6.33. The number of esters is 1. The van der Waals surface area contributed by atoms with Crippen LogP contribution in [0.4, 0.5) is 0 Å². The van der Waals surface area contributed by atoms with Gasteiger partial charge in [-0.15, -0.1) is 0 Å². The molecule has 0 bridgehead atoms. The summed E-state index contributed by atoms with van der Waals surface area (Å²) in [5, 5.41) is 0.775. The monoisotopic (exact) mass is 315 g/mol. The number of hydrogen-bond acceptors (Lipinski definition) is 4. The fourth-order valence-electron chi connectivity index (χ4n) is 1.95. The quantitative estimate of drug-likeness (QED) is 0.448. The predicted octanol–water partition coefficient (Wildman–Crippen LogP) is 2.67. The summed E-state index contributed by atoms with van der Waals surface area (Å²) in [7, 11) is -1.69. The number of para-hydroxylation sites is 1. The Balaban J connectivity index is 2.24. The van der Waals surface area contributed by atoms with Gasteiger partial charge in [-0.1, -0.05) is 36.4 Å². The van der Waals surface area contributed by atoms with Crippen LogP contribution < -0.4 is 9.92 Å². The predicted molar refractivity (Wildman–Crippen MR) is 86.5 cm³/mol. The molecule has 22 heavy (non-hydrogen) atoms. The van der Waals surface area contributed by atoms with Gasteiger partial charge in [-0.2, -0.15) is 0 Å². The molecule has 2 aromatic carbocycles. The number of carbonyl (C=O) groups excluding carboxylic acids is 1. The van der Waals surface area contributed by atoms with Crippen molar-refractivity contribution in [2.75, 3.05) is 13.2 Å². The minimum atomic E-state index is -1.69. The van der Waals surface area contributed by atoms with Gasteiger partial charge in [0.1, 0.15) is 5.75 Å². The first-order chi connectivity index (χ1) is 10.8. The Hall–Kier alpha value is -1.95. The Morgan fingerprint density at radius 1 is 0.909 bits per heavy atom. The van der Waals surface area contributed by atoms with E-state index in [0.29, 0.717) is 24.5 Å². The van der Waals surface area contributed by atoms with E-state index in [1.165, 1.54) is 0 Å². The Morgan fingerprint density at radius 2 is 1.50 bits per heavy atom. The topological polar surface area (TPSA) is 44.8 Å². The van der Waals surface area contributed by atoms with Crippen LogP contribution in [0.3, 0.4) is 0 Å². The molecule has 0 aromatic heterocycles. The van der Waals surface area contributed by atoms with Gasteiger partial charge < -0.3 is 13.6 Å². The molecule has 0 aliphatic rings. The average Bonchev–Trinajstić information content (AvgIpc) is 2.55. The highest BCUT2D eigenvalue weighted by Gasteiger charge is 2.25. The summed E-state index contributed by atoms with van der Waals surface area (Å²) in [4.78, 5) is 12.4. The Morgan fingerprint density at radius 3 is 2.14 bits per heavy atom. The van der Waals surface area contributed by atoms with Gasteiger partial charge in [0.05, 0.1) is 5.56 Å². The third-order valence-corrected chi connectivity index (χ3v) is 4.85. The van der Waals surface area contributed by atoms with Gasteiger partial charge in [0.25, 0.3) is 0 Å². The maximum absolute atomic E-state index is 12.4. The van der Waals surface area contributed by atoms with Crippen LogP contribution in [0.15, 0.2) is 54.6 Å². The molecule has 0 saturated heterocycles. The van der Waals surface area contributed by atoms with Crippen molar-refractivity contribution in [1.29, 1.82) is 0 Å². The Bertz CT molecular complexity index is 595. The van der Waals surface area contributed by atoms with E-state index in [1.807, 2.05) is 50.2 Å². The SMILES string of the molecule is CCO[Si](OCC)c1ccccc1C(=O)Oc1ccccc1. The van der Waals surface area contributed by atoms with Crippen molar-refractivity contribution in [3.63, 3.8) is 0 Å². The number of hydrogen-bond donors (Lipinski definition) is 0. The molecule has 0 unspecified atom stereocenters. The summed E-state index contributed by atoms with van der Waals surface area (Å²) >= 11 is 0. The summed E-state index contributed by atoms with van der Waals surface area (Å²) in [5.74, 6) is 0.118. The first kappa shape index (κ1) is 16.4. The third-order valence-electron chi connectivity index (χ3n) is 2.87. The summed E-state index contributed by atoms with van der Waals surface area (Å²) in [6.07, 6.45) is 0. The zero-order valence-electron chi connectivity index (χ0n) is 12.7. The lowest BCUT2D eigenvalue weighted by Gasteiger charge is -2.16. The number of ether oxygens (including phenoxy) is 1. The molecular formula is C17H19O4Si. The number of rotatable bonds is 7. The average molecular weight is 315 g/mol. The number of benzene rings is 2. The molecule has 0 saturated carbocycles. The lowest BCUT2D eigenvalue weighted by molar-refractivity contribution is 0.0735. The summed E-state index contributed by atoms with van der Waals surface area (Å²) < 4.78 is 16.8. The first-order valence-electron chi connectivity index (χ1n) is 7.25. The zero-order chi connectivity index (χ0) is 15.8. The second-order valence-electron chi connectivity index (χ2n) is 4.40. The van der Waals surface area contributed by atoms with Crippen LogP contribution in [-0.4, -0.2) is 28.5 Å². The van der Waals surface area contributed by atoms with Gasteiger partial charge in [-0.3, -0.25) is 0 Å². The van der Waals surface area contributed by atoms with Crippen molar-refractivity contribution in [2.24, 2.45) is 0 Å². The van der Waals surface area contributed by atoms with Gasteiger partial charge in [-0.05, 0) is 32.0 Å². The van der Waals surface area contributed by atoms with Gasteiger partial charge in [-0.25, -0.2) is 4.79 Å². The maximum atomic E-state index is 12.4. The molecule has 5 heteroatoms. The highest BCUT2D eigenvalue weighted by molar-refractivity contribution is 6.62. The van der Waals surface area contributed by atoms with Crippen molar-refractivity contribution in [1.82, 2.24) is 0 Å². The van der Waals surface area contributed by atoms with Gasteiger partial charge in [0.2, 0.25) is 0 Å². The molecule has 2 aromatic rings. The molecule has 0 amide bonds. The summed E-state index contributed by atoms with van der Waals surface area (Å²) in [6.45, 7) is 4.90. The summed E-state index contributed by atoms with van der Waals surface area (Å²) in [5.41, 5.74) is 0.488. The normalized spacial score (nSPS) is 10.7. The molecule has 115 valence electrons. The lowest BCUT2D eigenvalue weighted by atomic mass is 10.2. The van der Waals surface area contributed by atoms with E-state index in [4.69, 9.17) is 13.6 Å². The highest BCUT2D eigenvalue weighted by Crippen LogP contribution is 2.11. The van der Waals surface area contributed by atoms with E-state index in [1.54, 1.807) is 18.2 Å². The molecule has 0 spiro atoms. The molecule has 0 N–H and O–H groups in total. The fraction of sp³-hybridized carbons (Fsp3) is 0.235. The minimum Gasteiger partial charge on any atom is -0.423 e. The molecule has 2 rings (SSSR count). The molecular weight excluding hydrogens is 296 g/mol. The molecule has 0 fully saturated rings. The second kappa shape index (κ2) is 8.48. The van der Waals surface area contributed by atoms with Crippen molar-refractivity contribution in [2.45, 2.75) is 13.8 Å². The van der Waals surface area contributed by atoms with Crippen LogP contribution in [0, 0.1) is 0 Å². The molecule has 0 aliphatic carbocycles.